The van der Waals surface area contributed by atoms with Crippen molar-refractivity contribution in [1.82, 2.24) is 0 Å². The van der Waals surface area contributed by atoms with Crippen molar-refractivity contribution in [1.29, 1.82) is 0 Å². The molecule has 2 saturated carbocycles. The second kappa shape index (κ2) is 4.13. The molecule has 0 radical (unpaired) electrons. The molecule has 2 aliphatic carbocycles. The first-order chi connectivity index (χ1) is 8.15. The number of benzene rings is 1. The number of carbonyl (C=O) groups is 1. The Morgan fingerprint density at radius 1 is 1.29 bits per heavy atom. The maximum absolute atomic E-state index is 12.4. The van der Waals surface area contributed by atoms with Crippen LogP contribution in [0.15, 0.2) is 22.7 Å². The topological polar surface area (TPSA) is 37.3 Å². The summed E-state index contributed by atoms with van der Waals surface area (Å²) in [6, 6.07) is 5.08. The number of aromatic hydroxyl groups is 1. The van der Waals surface area contributed by atoms with Gasteiger partial charge >= 0.3 is 0 Å². The first-order valence-electron chi connectivity index (χ1n) is 6.18. The van der Waals surface area contributed by atoms with Gasteiger partial charge in [0.15, 0.2) is 5.78 Å². The summed E-state index contributed by atoms with van der Waals surface area (Å²) < 4.78 is 0.849. The number of fused-ring (bicyclic) bond motifs is 2. The van der Waals surface area contributed by atoms with Crippen molar-refractivity contribution < 1.29 is 9.90 Å². The van der Waals surface area contributed by atoms with Crippen molar-refractivity contribution in [3.05, 3.63) is 28.2 Å². The molecule has 0 spiro atoms. The first-order valence-corrected chi connectivity index (χ1v) is 6.97. The van der Waals surface area contributed by atoms with Crippen LogP contribution in [0.5, 0.6) is 5.75 Å². The van der Waals surface area contributed by atoms with Crippen LogP contribution in [0.2, 0.25) is 0 Å². The van der Waals surface area contributed by atoms with E-state index in [1.54, 1.807) is 18.2 Å². The van der Waals surface area contributed by atoms with E-state index in [0.717, 1.165) is 16.8 Å². The number of Topliss-reactive ketones (excluding diaryl/α,β-unsaturated/α-hetero) is 1. The van der Waals surface area contributed by atoms with E-state index in [4.69, 9.17) is 0 Å². The van der Waals surface area contributed by atoms with Gasteiger partial charge < -0.3 is 5.11 Å². The predicted molar refractivity (Wildman–Crippen MR) is 69.1 cm³/mol. The van der Waals surface area contributed by atoms with Gasteiger partial charge in [0.25, 0.3) is 0 Å². The molecule has 0 amide bonds. The van der Waals surface area contributed by atoms with Crippen molar-refractivity contribution in [2.45, 2.75) is 25.7 Å². The van der Waals surface area contributed by atoms with Crippen LogP contribution in [0, 0.1) is 17.8 Å². The van der Waals surface area contributed by atoms with E-state index in [1.807, 2.05) is 0 Å². The van der Waals surface area contributed by atoms with Gasteiger partial charge in [-0.15, -0.1) is 0 Å². The average Bonchev–Trinajstić information content (AvgIpc) is 2.93. The van der Waals surface area contributed by atoms with E-state index < -0.39 is 0 Å². The number of rotatable bonds is 2. The Morgan fingerprint density at radius 2 is 2.12 bits per heavy atom. The van der Waals surface area contributed by atoms with Crippen LogP contribution in [0.25, 0.3) is 0 Å². The van der Waals surface area contributed by atoms with Gasteiger partial charge in [-0.25, -0.2) is 0 Å². The fourth-order valence-corrected chi connectivity index (χ4v) is 3.83. The van der Waals surface area contributed by atoms with Crippen LogP contribution < -0.4 is 0 Å². The summed E-state index contributed by atoms with van der Waals surface area (Å²) in [6.07, 6.45) is 4.72. The molecule has 1 aromatic rings. The molecule has 3 heteroatoms. The lowest BCUT2D eigenvalue weighted by Crippen LogP contribution is -2.21. The third-order valence-electron chi connectivity index (χ3n) is 4.30. The molecule has 2 nitrogen and oxygen atoms in total. The highest BCUT2D eigenvalue weighted by Crippen LogP contribution is 2.49. The standard InChI is InChI=1S/C14H15BrO2/c15-10-3-4-13(16)12(7-10)14(17)11-6-8-1-2-9(11)5-8/h3-4,7-9,11,16H,1-2,5-6H2/t8-,9+,11?/m1/s1. The predicted octanol–water partition coefficient (Wildman–Crippen LogP) is 3.77. The lowest BCUT2D eigenvalue weighted by Gasteiger charge is -2.20. The van der Waals surface area contributed by atoms with E-state index >= 15 is 0 Å². The van der Waals surface area contributed by atoms with Crippen molar-refractivity contribution in [2.75, 3.05) is 0 Å². The highest BCUT2D eigenvalue weighted by molar-refractivity contribution is 9.10. The van der Waals surface area contributed by atoms with Crippen LogP contribution in [-0.4, -0.2) is 10.9 Å². The lowest BCUT2D eigenvalue weighted by atomic mass is 9.83. The molecular weight excluding hydrogens is 280 g/mol. The fourth-order valence-electron chi connectivity index (χ4n) is 3.47. The molecule has 3 atom stereocenters. The van der Waals surface area contributed by atoms with Gasteiger partial charge in [0.1, 0.15) is 5.75 Å². The summed E-state index contributed by atoms with van der Waals surface area (Å²) in [4.78, 5) is 12.4. The number of halogens is 1. The van der Waals surface area contributed by atoms with Gasteiger partial charge in [0.05, 0.1) is 5.56 Å². The zero-order valence-corrected chi connectivity index (χ0v) is 11.1. The number of carbonyl (C=O) groups excluding carboxylic acids is 1. The number of ketones is 1. The van der Waals surface area contributed by atoms with Crippen molar-refractivity contribution in [2.24, 2.45) is 17.8 Å². The van der Waals surface area contributed by atoms with Crippen LogP contribution in [0.3, 0.4) is 0 Å². The molecule has 0 aliphatic heterocycles. The Balaban J connectivity index is 1.89. The number of hydrogen-bond donors (Lipinski definition) is 1. The molecule has 3 rings (SSSR count). The van der Waals surface area contributed by atoms with Crippen molar-refractivity contribution in [3.63, 3.8) is 0 Å². The minimum Gasteiger partial charge on any atom is -0.507 e. The zero-order chi connectivity index (χ0) is 12.0. The molecule has 1 unspecified atom stereocenters. The van der Waals surface area contributed by atoms with Gasteiger partial charge in [-0.1, -0.05) is 22.4 Å². The third kappa shape index (κ3) is 1.90. The van der Waals surface area contributed by atoms with Gasteiger partial charge in [0, 0.05) is 10.4 Å². The molecule has 90 valence electrons. The average molecular weight is 295 g/mol. The van der Waals surface area contributed by atoms with Crippen LogP contribution >= 0.6 is 15.9 Å². The Hall–Kier alpha value is -0.830. The molecule has 1 aromatic carbocycles. The zero-order valence-electron chi connectivity index (χ0n) is 9.53. The van der Waals surface area contributed by atoms with E-state index in [1.165, 1.54) is 19.3 Å². The highest BCUT2D eigenvalue weighted by Gasteiger charge is 2.43. The Morgan fingerprint density at radius 3 is 2.76 bits per heavy atom. The van der Waals surface area contributed by atoms with Crippen LogP contribution in [0.1, 0.15) is 36.0 Å². The Labute approximate surface area is 109 Å². The summed E-state index contributed by atoms with van der Waals surface area (Å²) in [6.45, 7) is 0. The number of hydrogen-bond acceptors (Lipinski definition) is 2. The monoisotopic (exact) mass is 294 g/mol. The van der Waals surface area contributed by atoms with E-state index in [9.17, 15) is 9.90 Å². The molecule has 2 bridgehead atoms. The summed E-state index contributed by atoms with van der Waals surface area (Å²) >= 11 is 3.35. The minimum absolute atomic E-state index is 0.112. The summed E-state index contributed by atoms with van der Waals surface area (Å²) in [5.41, 5.74) is 0.483. The Kier molecular flexibility index (Phi) is 2.74. The van der Waals surface area contributed by atoms with Crippen LogP contribution in [-0.2, 0) is 0 Å². The molecule has 1 N–H and O–H groups in total. The second-order valence-corrected chi connectivity index (χ2v) is 6.22. The molecule has 0 heterocycles. The molecule has 2 aliphatic rings. The van der Waals surface area contributed by atoms with Crippen molar-refractivity contribution >= 4 is 21.7 Å². The molecule has 17 heavy (non-hydrogen) atoms. The SMILES string of the molecule is O=C(c1cc(Br)ccc1O)C1C[C@@H]2CC[C@H]1C2. The van der Waals surface area contributed by atoms with Crippen molar-refractivity contribution in [3.8, 4) is 5.75 Å². The maximum Gasteiger partial charge on any atom is 0.169 e. The second-order valence-electron chi connectivity index (χ2n) is 5.31. The Bertz CT molecular complexity index is 469. The smallest absolute Gasteiger partial charge is 0.169 e. The van der Waals surface area contributed by atoms with Gasteiger partial charge in [-0.2, -0.15) is 0 Å². The molecule has 0 saturated heterocycles. The number of phenolic OH excluding ortho intramolecular Hbond substituents is 1. The lowest BCUT2D eigenvalue weighted by molar-refractivity contribution is 0.0872. The summed E-state index contributed by atoms with van der Waals surface area (Å²) in [7, 11) is 0. The van der Waals surface area contributed by atoms with E-state index in [-0.39, 0.29) is 17.5 Å². The minimum atomic E-state index is 0.112. The van der Waals surface area contributed by atoms with E-state index in [2.05, 4.69) is 15.9 Å². The first kappa shape index (κ1) is 11.3. The summed E-state index contributed by atoms with van der Waals surface area (Å²) in [5.74, 6) is 1.71. The molecular formula is C14H15BrO2. The highest BCUT2D eigenvalue weighted by atomic mass is 79.9. The van der Waals surface area contributed by atoms with Gasteiger partial charge in [0.2, 0.25) is 0 Å². The summed E-state index contributed by atoms with van der Waals surface area (Å²) in [5, 5.41) is 9.79. The molecule has 2 fully saturated rings. The third-order valence-corrected chi connectivity index (χ3v) is 4.79. The molecule has 0 aromatic heterocycles. The fraction of sp³-hybridized carbons (Fsp3) is 0.500. The van der Waals surface area contributed by atoms with Gasteiger partial charge in [-0.05, 0) is 49.3 Å². The normalized spacial score (nSPS) is 30.8. The van der Waals surface area contributed by atoms with E-state index in [0.29, 0.717) is 11.5 Å². The number of phenols is 1. The van der Waals surface area contributed by atoms with Crippen LogP contribution in [0.4, 0.5) is 0 Å². The largest absolute Gasteiger partial charge is 0.507 e. The quantitative estimate of drug-likeness (QED) is 0.843. The maximum atomic E-state index is 12.4. The van der Waals surface area contributed by atoms with Gasteiger partial charge in [-0.3, -0.25) is 4.79 Å².